The minimum Gasteiger partial charge on any atom is -0.330 e. The predicted molar refractivity (Wildman–Crippen MR) is 74.3 cm³/mol. The third kappa shape index (κ3) is 3.36. The molecule has 1 aromatic rings. The van der Waals surface area contributed by atoms with Crippen molar-refractivity contribution in [1.82, 2.24) is 9.55 Å². The zero-order chi connectivity index (χ0) is 14.0. The zero-order valence-electron chi connectivity index (χ0n) is 11.7. The minimum absolute atomic E-state index is 0.00886. The average Bonchev–Trinajstić information content (AvgIpc) is 2.74. The van der Waals surface area contributed by atoms with Gasteiger partial charge in [0, 0.05) is 18.7 Å². The highest BCUT2D eigenvalue weighted by Gasteiger charge is 2.24. The first-order valence-corrected chi connectivity index (χ1v) is 8.57. The first kappa shape index (κ1) is 14.5. The van der Waals surface area contributed by atoms with E-state index in [1.807, 2.05) is 0 Å². The van der Waals surface area contributed by atoms with Gasteiger partial charge in [0.2, 0.25) is 0 Å². The molecule has 0 amide bonds. The van der Waals surface area contributed by atoms with Crippen molar-refractivity contribution in [3.05, 3.63) is 12.0 Å². The van der Waals surface area contributed by atoms with Gasteiger partial charge in [0.05, 0.1) is 0 Å². The Morgan fingerprint density at radius 2 is 2.00 bits per heavy atom. The molecule has 0 radical (unpaired) electrons. The van der Waals surface area contributed by atoms with Crippen molar-refractivity contribution < 1.29 is 8.42 Å². The molecule has 1 aliphatic rings. The van der Waals surface area contributed by atoms with E-state index in [1.165, 1.54) is 12.8 Å². The van der Waals surface area contributed by atoms with E-state index in [0.717, 1.165) is 37.4 Å². The Morgan fingerprint density at radius 1 is 1.37 bits per heavy atom. The van der Waals surface area contributed by atoms with Gasteiger partial charge in [0.25, 0.3) is 10.0 Å². The highest BCUT2D eigenvalue weighted by atomic mass is 32.2. The van der Waals surface area contributed by atoms with Crippen molar-refractivity contribution >= 4 is 10.0 Å². The molecule has 0 spiro atoms. The first-order valence-electron chi connectivity index (χ1n) is 7.02. The lowest BCUT2D eigenvalue weighted by molar-refractivity contribution is 0.284. The molecule has 2 N–H and O–H groups in total. The molecule has 0 saturated heterocycles. The molecule has 0 bridgehead atoms. The molecule has 6 heteroatoms. The summed E-state index contributed by atoms with van der Waals surface area (Å²) in [5.74, 6) is 1.62. The van der Waals surface area contributed by atoms with Gasteiger partial charge in [0.15, 0.2) is 5.03 Å². The molecule has 1 aliphatic carbocycles. The molecule has 1 saturated carbocycles. The molecule has 1 fully saturated rings. The van der Waals surface area contributed by atoms with Crippen LogP contribution in [0.4, 0.5) is 0 Å². The molecule has 5 nitrogen and oxygen atoms in total. The third-order valence-electron chi connectivity index (χ3n) is 3.93. The molecule has 108 valence electrons. The fourth-order valence-corrected chi connectivity index (χ4v) is 3.28. The van der Waals surface area contributed by atoms with E-state index in [9.17, 15) is 8.42 Å². The predicted octanol–water partition coefficient (Wildman–Crippen LogP) is 2.23. The number of sulfonamides is 1. The Morgan fingerprint density at radius 3 is 2.53 bits per heavy atom. The summed E-state index contributed by atoms with van der Waals surface area (Å²) in [6.45, 7) is 4.34. The highest BCUT2D eigenvalue weighted by Crippen LogP contribution is 2.33. The molecule has 1 aromatic heterocycles. The van der Waals surface area contributed by atoms with Crippen LogP contribution in [0.2, 0.25) is 0 Å². The van der Waals surface area contributed by atoms with Gasteiger partial charge < -0.3 is 4.57 Å². The van der Waals surface area contributed by atoms with E-state index in [2.05, 4.69) is 23.4 Å². The molecule has 0 aromatic carbocycles. The van der Waals surface area contributed by atoms with Crippen LogP contribution in [-0.2, 0) is 16.4 Å². The van der Waals surface area contributed by atoms with Crippen molar-refractivity contribution in [1.29, 1.82) is 0 Å². The van der Waals surface area contributed by atoms with E-state index in [-0.39, 0.29) is 5.03 Å². The lowest BCUT2D eigenvalue weighted by Crippen LogP contribution is -2.18. The summed E-state index contributed by atoms with van der Waals surface area (Å²) in [6.07, 6.45) is 7.95. The quantitative estimate of drug-likeness (QED) is 0.921. The van der Waals surface area contributed by atoms with Crippen LogP contribution in [0.25, 0.3) is 0 Å². The van der Waals surface area contributed by atoms with Crippen LogP contribution in [0.3, 0.4) is 0 Å². The van der Waals surface area contributed by atoms with E-state index in [4.69, 9.17) is 5.14 Å². The maximum Gasteiger partial charge on any atom is 0.257 e. The van der Waals surface area contributed by atoms with E-state index < -0.39 is 10.0 Å². The van der Waals surface area contributed by atoms with Crippen molar-refractivity contribution in [3.8, 4) is 0 Å². The van der Waals surface area contributed by atoms with Crippen LogP contribution < -0.4 is 5.14 Å². The summed E-state index contributed by atoms with van der Waals surface area (Å²) in [4.78, 5) is 4.22. The summed E-state index contributed by atoms with van der Waals surface area (Å²) >= 11 is 0. The number of nitrogens with two attached hydrogens (primary N) is 1. The van der Waals surface area contributed by atoms with E-state index in [0.29, 0.717) is 6.04 Å². The topological polar surface area (TPSA) is 78.0 Å². The second kappa shape index (κ2) is 5.63. The van der Waals surface area contributed by atoms with Gasteiger partial charge in [-0.25, -0.2) is 18.5 Å². The van der Waals surface area contributed by atoms with Crippen LogP contribution in [-0.4, -0.2) is 18.0 Å². The van der Waals surface area contributed by atoms with Gasteiger partial charge in [0.1, 0.15) is 5.82 Å². The van der Waals surface area contributed by atoms with Crippen LogP contribution in [0, 0.1) is 5.92 Å². The molecule has 2 rings (SSSR count). The molecular formula is C13H23N3O2S. The molecule has 0 unspecified atom stereocenters. The normalized spacial score (nSPS) is 24.6. The van der Waals surface area contributed by atoms with E-state index >= 15 is 0 Å². The Kier molecular flexibility index (Phi) is 4.30. The number of primary sulfonamides is 1. The van der Waals surface area contributed by atoms with Gasteiger partial charge in [-0.15, -0.1) is 0 Å². The van der Waals surface area contributed by atoms with Crippen molar-refractivity contribution in [3.63, 3.8) is 0 Å². The number of hydrogen-bond donors (Lipinski definition) is 1. The van der Waals surface area contributed by atoms with Crippen molar-refractivity contribution in [2.24, 2.45) is 11.1 Å². The fraction of sp³-hybridized carbons (Fsp3) is 0.769. The SMILES string of the molecule is CCCc1nc(S(N)(=O)=O)cn1C1CCC(C)CC1. The summed E-state index contributed by atoms with van der Waals surface area (Å²) in [5.41, 5.74) is 0. The first-order chi connectivity index (χ1) is 8.91. The number of rotatable bonds is 4. The Hall–Kier alpha value is -0.880. The second-order valence-corrected chi connectivity index (χ2v) is 7.12. The van der Waals surface area contributed by atoms with Gasteiger partial charge in [-0.1, -0.05) is 13.8 Å². The van der Waals surface area contributed by atoms with Crippen LogP contribution in [0.1, 0.15) is 57.8 Å². The standard InChI is InChI=1S/C13H23N3O2S/c1-3-4-12-15-13(19(14,17)18)9-16(12)11-7-5-10(2)6-8-11/h9-11H,3-8H2,1-2H3,(H2,14,17,18). The Bertz CT molecular complexity index is 528. The summed E-state index contributed by atoms with van der Waals surface area (Å²) in [6, 6.07) is 0.376. The zero-order valence-corrected chi connectivity index (χ0v) is 12.5. The minimum atomic E-state index is -3.70. The number of hydrogen-bond acceptors (Lipinski definition) is 3. The number of nitrogens with zero attached hydrogens (tertiary/aromatic N) is 2. The van der Waals surface area contributed by atoms with E-state index in [1.54, 1.807) is 6.20 Å². The lowest BCUT2D eigenvalue weighted by Gasteiger charge is -2.28. The average molecular weight is 285 g/mol. The summed E-state index contributed by atoms with van der Waals surface area (Å²) in [5, 5.41) is 5.19. The molecule has 19 heavy (non-hydrogen) atoms. The van der Waals surface area contributed by atoms with Gasteiger partial charge in [-0.2, -0.15) is 0 Å². The summed E-state index contributed by atoms with van der Waals surface area (Å²) < 4.78 is 24.9. The van der Waals surface area contributed by atoms with Crippen LogP contribution in [0.15, 0.2) is 11.2 Å². The maximum absolute atomic E-state index is 11.4. The summed E-state index contributed by atoms with van der Waals surface area (Å²) in [7, 11) is -3.70. The van der Waals surface area contributed by atoms with Crippen LogP contribution in [0.5, 0.6) is 0 Å². The largest absolute Gasteiger partial charge is 0.330 e. The molecule has 0 aliphatic heterocycles. The number of aryl methyl sites for hydroxylation is 1. The highest BCUT2D eigenvalue weighted by molar-refractivity contribution is 7.89. The van der Waals surface area contributed by atoms with Crippen molar-refractivity contribution in [2.75, 3.05) is 0 Å². The number of imidazole rings is 1. The molecule has 0 atom stereocenters. The Balaban J connectivity index is 2.30. The second-order valence-electron chi connectivity index (χ2n) is 5.61. The fourth-order valence-electron chi connectivity index (χ4n) is 2.79. The van der Waals surface area contributed by atoms with Gasteiger partial charge in [-0.05, 0) is 38.0 Å². The van der Waals surface area contributed by atoms with Crippen molar-refractivity contribution in [2.45, 2.75) is 63.4 Å². The Labute approximate surface area is 115 Å². The third-order valence-corrected chi connectivity index (χ3v) is 4.71. The molecule has 1 heterocycles. The van der Waals surface area contributed by atoms with Crippen LogP contribution >= 0.6 is 0 Å². The number of aromatic nitrogens is 2. The van der Waals surface area contributed by atoms with Gasteiger partial charge >= 0.3 is 0 Å². The van der Waals surface area contributed by atoms with Gasteiger partial charge in [-0.3, -0.25) is 0 Å². The lowest BCUT2D eigenvalue weighted by atomic mass is 9.87. The monoisotopic (exact) mass is 285 g/mol. The maximum atomic E-state index is 11.4. The smallest absolute Gasteiger partial charge is 0.257 e. The molecular weight excluding hydrogens is 262 g/mol.